The summed E-state index contributed by atoms with van der Waals surface area (Å²) in [5.74, 6) is -3.79. The molecule has 0 unspecified atom stereocenters. The van der Waals surface area contributed by atoms with E-state index in [0.717, 1.165) is 23.1 Å². The lowest BCUT2D eigenvalue weighted by Crippen LogP contribution is -2.54. The van der Waals surface area contributed by atoms with Crippen molar-refractivity contribution in [1.82, 2.24) is 4.90 Å². The molecule has 9 rings (SSSR count). The molecule has 0 N–H and O–H groups in total. The van der Waals surface area contributed by atoms with Crippen molar-refractivity contribution in [2.45, 2.75) is 24.7 Å². The Hall–Kier alpha value is -7.07. The average molecular weight is 997 g/mol. The zero-order valence-electron chi connectivity index (χ0n) is 36.0. The molecule has 0 fully saturated rings. The Labute approximate surface area is 403 Å². The lowest BCUT2D eigenvalue weighted by Gasteiger charge is -2.39. The minimum atomic E-state index is -6.00. The number of nitrogens with zero attached hydrogens (tertiary/aromatic N) is 2. The molecule has 0 atom stereocenters. The van der Waals surface area contributed by atoms with E-state index in [4.69, 9.17) is 13.1 Å². The first-order chi connectivity index (χ1) is 32.9. The van der Waals surface area contributed by atoms with Crippen molar-refractivity contribution in [2.24, 2.45) is 0 Å². The standard InChI is InChI=1S/C33H20F6N2O7S2.C18H15P/c1-15-11-16(3-9-25(15)47-49)31(32(34,35)36,33(37,38)39)17-4-10-26(48-50)24(12-17)41-29(44)21-8-6-19(14-23(21)30(41)45)46-18-5-7-20-22(13-18)28(43)40(2)27(20)42;1-4-10-16(11-5-1)19(17-12-6-2-7-13-17)18-14-8-3-9-15-18/h3-14,49-50H,1-2H3;1-15H. The largest absolute Gasteiger partial charge is 0.457 e. The van der Waals surface area contributed by atoms with Gasteiger partial charge in [-0.3, -0.25) is 24.1 Å². The van der Waals surface area contributed by atoms with Gasteiger partial charge in [0.05, 0.1) is 27.9 Å². The predicted molar refractivity (Wildman–Crippen MR) is 255 cm³/mol. The number of amides is 4. The molecule has 0 bridgehead atoms. The molecule has 18 heteroatoms. The summed E-state index contributed by atoms with van der Waals surface area (Å²) >= 11 is 7.23. The van der Waals surface area contributed by atoms with Gasteiger partial charge in [0.1, 0.15) is 17.2 Å². The molecule has 69 heavy (non-hydrogen) atoms. The van der Waals surface area contributed by atoms with Gasteiger partial charge in [-0.15, -0.1) is 0 Å². The highest BCUT2D eigenvalue weighted by Gasteiger charge is 2.72. The van der Waals surface area contributed by atoms with Crippen molar-refractivity contribution in [3.8, 4) is 23.0 Å². The van der Waals surface area contributed by atoms with Gasteiger partial charge in [-0.05, 0) is 102 Å². The molecular formula is C51H35F6N2O7PS2. The van der Waals surface area contributed by atoms with Crippen LogP contribution in [0.4, 0.5) is 32.0 Å². The molecule has 0 radical (unpaired) electrons. The Morgan fingerprint density at radius 2 is 0.884 bits per heavy atom. The molecule has 0 aromatic heterocycles. The second kappa shape index (κ2) is 19.1. The van der Waals surface area contributed by atoms with Crippen LogP contribution < -0.4 is 33.9 Å². The summed E-state index contributed by atoms with van der Waals surface area (Å²) in [6, 6.07) is 43.8. The van der Waals surface area contributed by atoms with Crippen LogP contribution in [0.2, 0.25) is 0 Å². The van der Waals surface area contributed by atoms with Crippen molar-refractivity contribution in [1.29, 1.82) is 0 Å². The summed E-state index contributed by atoms with van der Waals surface area (Å²) in [5.41, 5.74) is -8.41. The van der Waals surface area contributed by atoms with Gasteiger partial charge in [0.15, 0.2) is 5.75 Å². The number of thiol groups is 2. The van der Waals surface area contributed by atoms with Crippen molar-refractivity contribution in [3.05, 3.63) is 203 Å². The molecule has 7 aromatic rings. The first-order valence-electron chi connectivity index (χ1n) is 20.6. The van der Waals surface area contributed by atoms with Crippen LogP contribution in [0.3, 0.4) is 0 Å². The van der Waals surface area contributed by atoms with E-state index < -0.39 is 71.9 Å². The summed E-state index contributed by atoms with van der Waals surface area (Å²) in [7, 11) is 0.863. The zero-order chi connectivity index (χ0) is 49.4. The van der Waals surface area contributed by atoms with E-state index in [1.54, 1.807) is 0 Å². The van der Waals surface area contributed by atoms with Crippen molar-refractivity contribution in [2.75, 3.05) is 11.9 Å². The molecule has 7 aromatic carbocycles. The number of alkyl halides is 6. The van der Waals surface area contributed by atoms with Crippen molar-refractivity contribution in [3.63, 3.8) is 0 Å². The quantitative estimate of drug-likeness (QED) is 0.0463. The molecular weight excluding hydrogens is 962 g/mol. The third-order valence-electron chi connectivity index (χ3n) is 11.5. The van der Waals surface area contributed by atoms with Crippen LogP contribution in [0.25, 0.3) is 0 Å². The second-order valence-corrected chi connectivity index (χ2v) is 18.1. The van der Waals surface area contributed by atoms with Crippen LogP contribution in [-0.4, -0.2) is 47.9 Å². The Kier molecular flexibility index (Phi) is 13.4. The van der Waals surface area contributed by atoms with Gasteiger partial charge in [-0.2, -0.15) is 26.3 Å². The zero-order valence-corrected chi connectivity index (χ0v) is 38.6. The fourth-order valence-electron chi connectivity index (χ4n) is 8.19. The maximum absolute atomic E-state index is 15.0. The fraction of sp³-hybridized carbons (Fsp3) is 0.0980. The first kappa shape index (κ1) is 48.4. The van der Waals surface area contributed by atoms with Crippen LogP contribution in [0.5, 0.6) is 23.0 Å². The number of ether oxygens (including phenoxy) is 1. The van der Waals surface area contributed by atoms with Gasteiger partial charge in [0, 0.05) is 32.9 Å². The molecule has 2 heterocycles. The van der Waals surface area contributed by atoms with E-state index in [1.165, 1.54) is 60.2 Å². The van der Waals surface area contributed by atoms with Gasteiger partial charge in [-0.25, -0.2) is 4.90 Å². The summed E-state index contributed by atoms with van der Waals surface area (Å²) in [5, 5.41) is 4.19. The smallest absolute Gasteiger partial charge is 0.411 e. The number of hydrogen-bond acceptors (Lipinski definition) is 9. The number of benzene rings is 7. The number of halogens is 6. The van der Waals surface area contributed by atoms with Crippen LogP contribution in [-0.2, 0) is 5.41 Å². The fourth-order valence-corrected chi connectivity index (χ4v) is 10.9. The number of carbonyl (C=O) groups excluding carboxylic acids is 4. The van der Waals surface area contributed by atoms with E-state index in [-0.39, 0.29) is 45.1 Å². The lowest BCUT2D eigenvalue weighted by atomic mass is 9.72. The van der Waals surface area contributed by atoms with E-state index in [2.05, 4.69) is 117 Å². The Balaban J connectivity index is 0.000000280. The summed E-state index contributed by atoms with van der Waals surface area (Å²) in [6.45, 7) is 1.23. The summed E-state index contributed by atoms with van der Waals surface area (Å²) < 4.78 is 105. The predicted octanol–water partition coefficient (Wildman–Crippen LogP) is 11.1. The van der Waals surface area contributed by atoms with E-state index in [0.29, 0.717) is 29.2 Å². The summed E-state index contributed by atoms with van der Waals surface area (Å²) in [4.78, 5) is 53.2. The number of aryl methyl sites for hydroxylation is 1. The van der Waals surface area contributed by atoms with E-state index in [9.17, 15) is 45.5 Å². The lowest BCUT2D eigenvalue weighted by molar-refractivity contribution is -0.288. The van der Waals surface area contributed by atoms with Gasteiger partial charge >= 0.3 is 12.4 Å². The van der Waals surface area contributed by atoms with E-state index >= 15 is 0 Å². The minimum Gasteiger partial charge on any atom is -0.457 e. The SMILES string of the molecule is Cc1cc(C(c2ccc(OS)c(N3C(=O)c4ccc(Oc5ccc6c(c5)C(=O)N(C)C6=O)cc4C3=O)c2)(C(F)(F)F)C(F)(F)F)ccc1OS.c1ccc(P(c2ccccc2)c2ccccc2)cc1. The normalized spacial score (nSPS) is 13.6. The van der Waals surface area contributed by atoms with Crippen molar-refractivity contribution < 1.29 is 58.6 Å². The van der Waals surface area contributed by atoms with Gasteiger partial charge in [0.25, 0.3) is 23.6 Å². The third kappa shape index (κ3) is 8.82. The third-order valence-corrected chi connectivity index (χ3v) is 14.3. The maximum atomic E-state index is 15.0. The average Bonchev–Trinajstić information content (AvgIpc) is 3.70. The van der Waals surface area contributed by atoms with Gasteiger partial charge < -0.3 is 13.1 Å². The number of anilines is 1. The molecule has 2 aliphatic heterocycles. The molecule has 9 nitrogen and oxygen atoms in total. The number of hydrogen-bond donors (Lipinski definition) is 2. The molecule has 0 saturated carbocycles. The number of carbonyl (C=O) groups is 4. The molecule has 2 aliphatic rings. The number of fused-ring (bicyclic) bond motifs is 2. The highest BCUT2D eigenvalue weighted by molar-refractivity contribution is 7.79. The Morgan fingerprint density at radius 3 is 1.33 bits per heavy atom. The highest BCUT2D eigenvalue weighted by atomic mass is 32.1. The maximum Gasteiger partial charge on any atom is 0.411 e. The van der Waals surface area contributed by atoms with Crippen LogP contribution >= 0.6 is 33.7 Å². The molecule has 0 aliphatic carbocycles. The van der Waals surface area contributed by atoms with Crippen LogP contribution in [0.15, 0.2) is 164 Å². The minimum absolute atomic E-state index is 0.0200. The van der Waals surface area contributed by atoms with Crippen LogP contribution in [0, 0.1) is 6.92 Å². The molecule has 4 amide bonds. The number of rotatable bonds is 10. The van der Waals surface area contributed by atoms with Gasteiger partial charge in [0.2, 0.25) is 5.41 Å². The van der Waals surface area contributed by atoms with Gasteiger partial charge in [-0.1, -0.05) is 109 Å². The summed E-state index contributed by atoms with van der Waals surface area (Å²) in [6.07, 6.45) is -12.0. The second-order valence-electron chi connectivity index (χ2n) is 15.6. The van der Waals surface area contributed by atoms with Crippen LogP contribution in [0.1, 0.15) is 58.1 Å². The Bertz CT molecular complexity index is 3020. The Morgan fingerprint density at radius 1 is 0.478 bits per heavy atom. The highest BCUT2D eigenvalue weighted by Crippen LogP contribution is 2.58. The van der Waals surface area contributed by atoms with Crippen molar-refractivity contribution >= 4 is 79.0 Å². The first-order valence-corrected chi connectivity index (χ1v) is 22.6. The monoisotopic (exact) mass is 996 g/mol. The number of imide groups is 2. The van der Waals surface area contributed by atoms with E-state index in [1.807, 2.05) is 0 Å². The molecule has 350 valence electrons. The molecule has 0 saturated heterocycles. The topological polar surface area (TPSA) is 102 Å². The molecule has 0 spiro atoms.